The first-order valence-electron chi connectivity index (χ1n) is 6.32. The molecule has 0 aromatic heterocycles. The van der Waals surface area contributed by atoms with Gasteiger partial charge in [-0.2, -0.15) is 0 Å². The van der Waals surface area contributed by atoms with E-state index in [-0.39, 0.29) is 11.2 Å². The van der Waals surface area contributed by atoms with Crippen molar-refractivity contribution in [2.45, 2.75) is 60.8 Å². The molecule has 1 heteroatoms. The zero-order chi connectivity index (χ0) is 12.8. The van der Waals surface area contributed by atoms with Crippen LogP contribution < -0.4 is 0 Å². The Bertz CT molecular complexity index is 293. The molecule has 1 aliphatic carbocycles. The van der Waals surface area contributed by atoms with Gasteiger partial charge in [-0.05, 0) is 50.2 Å². The van der Waals surface area contributed by atoms with E-state index >= 15 is 0 Å². The molecular weight excluding hydrogens is 196 g/mol. The van der Waals surface area contributed by atoms with Crippen LogP contribution in [-0.2, 0) is 4.79 Å². The first-order valence-corrected chi connectivity index (χ1v) is 6.32. The molecule has 1 aliphatic rings. The Morgan fingerprint density at radius 1 is 1.31 bits per heavy atom. The summed E-state index contributed by atoms with van der Waals surface area (Å²) in [4.78, 5) is 10.9. The van der Waals surface area contributed by atoms with Gasteiger partial charge in [0.15, 0.2) is 5.78 Å². The summed E-state index contributed by atoms with van der Waals surface area (Å²) in [7, 11) is 0. The van der Waals surface area contributed by atoms with E-state index in [9.17, 15) is 4.79 Å². The van der Waals surface area contributed by atoms with Crippen LogP contribution in [0.4, 0.5) is 0 Å². The van der Waals surface area contributed by atoms with Gasteiger partial charge in [-0.3, -0.25) is 4.79 Å². The zero-order valence-electron chi connectivity index (χ0n) is 11.7. The van der Waals surface area contributed by atoms with E-state index in [1.165, 1.54) is 30.4 Å². The van der Waals surface area contributed by atoms with Crippen molar-refractivity contribution in [3.63, 3.8) is 0 Å². The standard InChI is InChI=1S/C13H20O.C2H6/c1-10-6-5-9-13(3,4)12(10)8-7-11(2)14;1-2/h7-8H,5-6,9H2,1-4H3;1-2H3/b8-7+;. The third-order valence-electron chi connectivity index (χ3n) is 3.03. The lowest BCUT2D eigenvalue weighted by atomic mass is 9.72. The summed E-state index contributed by atoms with van der Waals surface area (Å²) in [6.07, 6.45) is 7.38. The first-order chi connectivity index (χ1) is 7.43. The summed E-state index contributed by atoms with van der Waals surface area (Å²) >= 11 is 0. The quantitative estimate of drug-likeness (QED) is 0.620. The third kappa shape index (κ3) is 4.34. The highest BCUT2D eigenvalue weighted by Crippen LogP contribution is 2.40. The van der Waals surface area contributed by atoms with Gasteiger partial charge in [-0.25, -0.2) is 0 Å². The van der Waals surface area contributed by atoms with Gasteiger partial charge in [-0.1, -0.05) is 39.3 Å². The van der Waals surface area contributed by atoms with Crippen molar-refractivity contribution in [2.75, 3.05) is 0 Å². The molecule has 1 nitrogen and oxygen atoms in total. The minimum Gasteiger partial charge on any atom is -0.295 e. The summed E-state index contributed by atoms with van der Waals surface area (Å²) in [5.41, 5.74) is 3.05. The van der Waals surface area contributed by atoms with Crippen LogP contribution in [0, 0.1) is 5.41 Å². The minimum atomic E-state index is 0.131. The smallest absolute Gasteiger partial charge is 0.152 e. The van der Waals surface area contributed by atoms with Crippen LogP contribution in [-0.4, -0.2) is 5.78 Å². The molecule has 0 aliphatic heterocycles. The second-order valence-electron chi connectivity index (χ2n) is 4.88. The van der Waals surface area contributed by atoms with E-state index in [0.29, 0.717) is 0 Å². The highest BCUT2D eigenvalue weighted by molar-refractivity contribution is 5.87. The molecule has 0 atom stereocenters. The molecule has 0 aromatic rings. The number of hydrogen-bond acceptors (Lipinski definition) is 1. The maximum Gasteiger partial charge on any atom is 0.152 e. The van der Waals surface area contributed by atoms with Crippen molar-refractivity contribution < 1.29 is 4.79 Å². The third-order valence-corrected chi connectivity index (χ3v) is 3.03. The van der Waals surface area contributed by atoms with E-state index in [4.69, 9.17) is 0 Å². The Labute approximate surface area is 101 Å². The summed E-state index contributed by atoms with van der Waals surface area (Å²) in [5.74, 6) is 0.131. The maximum atomic E-state index is 10.9. The van der Waals surface area contributed by atoms with Crippen molar-refractivity contribution in [1.82, 2.24) is 0 Å². The summed E-state index contributed by atoms with van der Waals surface area (Å²) in [6, 6.07) is 0. The fourth-order valence-corrected chi connectivity index (χ4v) is 2.21. The predicted molar refractivity (Wildman–Crippen MR) is 71.5 cm³/mol. The SMILES string of the molecule is CC.CC(=O)/C=C/C1=C(C)CCCC1(C)C. The van der Waals surface area contributed by atoms with Crippen LogP contribution in [0.2, 0.25) is 0 Å². The molecule has 0 unspecified atom stereocenters. The van der Waals surface area contributed by atoms with Crippen LogP contribution in [0.5, 0.6) is 0 Å². The monoisotopic (exact) mass is 222 g/mol. The molecule has 0 spiro atoms. The van der Waals surface area contributed by atoms with Crippen molar-refractivity contribution in [2.24, 2.45) is 5.41 Å². The van der Waals surface area contributed by atoms with Gasteiger partial charge in [0.1, 0.15) is 0 Å². The molecule has 16 heavy (non-hydrogen) atoms. The molecule has 0 saturated heterocycles. The van der Waals surface area contributed by atoms with Gasteiger partial charge in [0.25, 0.3) is 0 Å². The van der Waals surface area contributed by atoms with Crippen molar-refractivity contribution in [3.05, 3.63) is 23.3 Å². The molecule has 0 amide bonds. The van der Waals surface area contributed by atoms with Gasteiger partial charge in [0, 0.05) is 0 Å². The van der Waals surface area contributed by atoms with Gasteiger partial charge in [0.05, 0.1) is 0 Å². The lowest BCUT2D eigenvalue weighted by molar-refractivity contribution is -0.112. The van der Waals surface area contributed by atoms with Crippen molar-refractivity contribution in [3.8, 4) is 0 Å². The molecule has 0 heterocycles. The molecule has 0 N–H and O–H groups in total. The Morgan fingerprint density at radius 2 is 1.88 bits per heavy atom. The number of hydrogen-bond donors (Lipinski definition) is 0. The Balaban J connectivity index is 0.00000106. The fraction of sp³-hybridized carbons (Fsp3) is 0.667. The van der Waals surface area contributed by atoms with Crippen LogP contribution in [0.1, 0.15) is 60.8 Å². The van der Waals surface area contributed by atoms with Crippen LogP contribution in [0.3, 0.4) is 0 Å². The second kappa shape index (κ2) is 6.67. The zero-order valence-corrected chi connectivity index (χ0v) is 11.7. The number of carbonyl (C=O) groups is 1. The number of allylic oxidation sites excluding steroid dienone is 4. The van der Waals surface area contributed by atoms with E-state index in [2.05, 4.69) is 20.8 Å². The van der Waals surface area contributed by atoms with Crippen LogP contribution in [0.25, 0.3) is 0 Å². The minimum absolute atomic E-state index is 0.131. The van der Waals surface area contributed by atoms with E-state index in [0.717, 1.165) is 0 Å². The average Bonchev–Trinajstić information content (AvgIpc) is 2.18. The van der Waals surface area contributed by atoms with Gasteiger partial charge in [-0.15, -0.1) is 0 Å². The van der Waals surface area contributed by atoms with E-state index in [1.807, 2.05) is 19.9 Å². The molecule has 92 valence electrons. The topological polar surface area (TPSA) is 17.1 Å². The largest absolute Gasteiger partial charge is 0.295 e. The molecule has 0 aromatic carbocycles. The van der Waals surface area contributed by atoms with Gasteiger partial charge >= 0.3 is 0 Å². The second-order valence-corrected chi connectivity index (χ2v) is 4.88. The Kier molecular flexibility index (Phi) is 6.32. The first kappa shape index (κ1) is 15.2. The highest BCUT2D eigenvalue weighted by Gasteiger charge is 2.26. The lowest BCUT2D eigenvalue weighted by Gasteiger charge is -2.32. The molecule has 0 saturated carbocycles. The van der Waals surface area contributed by atoms with Crippen LogP contribution >= 0.6 is 0 Å². The molecule has 1 rings (SSSR count). The number of rotatable bonds is 2. The average molecular weight is 222 g/mol. The summed E-state index contributed by atoms with van der Waals surface area (Å²) < 4.78 is 0. The van der Waals surface area contributed by atoms with Gasteiger partial charge in [0.2, 0.25) is 0 Å². The summed E-state index contributed by atoms with van der Waals surface area (Å²) in [6.45, 7) is 12.3. The molecule has 0 bridgehead atoms. The fourth-order valence-electron chi connectivity index (χ4n) is 2.21. The normalized spacial score (nSPS) is 19.4. The summed E-state index contributed by atoms with van der Waals surface area (Å²) in [5, 5.41) is 0. The van der Waals surface area contributed by atoms with Crippen LogP contribution in [0.15, 0.2) is 23.3 Å². The van der Waals surface area contributed by atoms with E-state index in [1.54, 1.807) is 13.0 Å². The lowest BCUT2D eigenvalue weighted by Crippen LogP contribution is -2.19. The Morgan fingerprint density at radius 3 is 2.31 bits per heavy atom. The van der Waals surface area contributed by atoms with E-state index < -0.39 is 0 Å². The van der Waals surface area contributed by atoms with Gasteiger partial charge < -0.3 is 0 Å². The van der Waals surface area contributed by atoms with Crippen molar-refractivity contribution >= 4 is 5.78 Å². The highest BCUT2D eigenvalue weighted by atomic mass is 16.1. The number of ketones is 1. The predicted octanol–water partition coefficient (Wildman–Crippen LogP) is 4.68. The number of carbonyl (C=O) groups excluding carboxylic acids is 1. The molecule has 0 radical (unpaired) electrons. The molecular formula is C15H26O. The van der Waals surface area contributed by atoms with Crippen molar-refractivity contribution in [1.29, 1.82) is 0 Å². The molecule has 0 fully saturated rings. The Hall–Kier alpha value is -0.850. The maximum absolute atomic E-state index is 10.9.